The topological polar surface area (TPSA) is 98.4 Å². The number of ether oxygens (including phenoxy) is 1. The van der Waals surface area contributed by atoms with Gasteiger partial charge in [-0.1, -0.05) is 25.6 Å². The third-order valence-electron chi connectivity index (χ3n) is 4.20. The highest BCUT2D eigenvalue weighted by molar-refractivity contribution is 7.98. The molecule has 0 N–H and O–H groups in total. The fourth-order valence-electron chi connectivity index (χ4n) is 2.62. The molecule has 0 aliphatic rings. The van der Waals surface area contributed by atoms with Crippen LogP contribution >= 0.6 is 11.8 Å². The fraction of sp³-hybridized carbons (Fsp3) is 0.316. The molecule has 2 heterocycles. The summed E-state index contributed by atoms with van der Waals surface area (Å²) in [6.07, 6.45) is 1.38. The molecule has 0 bridgehead atoms. The highest BCUT2D eigenvalue weighted by Gasteiger charge is 2.21. The molecule has 0 saturated heterocycles. The van der Waals surface area contributed by atoms with E-state index in [1.807, 2.05) is 38.1 Å². The molecule has 0 spiro atoms. The van der Waals surface area contributed by atoms with Crippen LogP contribution < -0.4 is 4.74 Å². The second kappa shape index (κ2) is 9.38. The molecule has 3 aromatic rings. The SMILES string of the molecule is CCN(CC)S(=O)(=O)c1ccc(SCc2nnc(-c3ccc(OC)cc3)o2)nc1. The number of benzene rings is 1. The quantitative estimate of drug-likeness (QED) is 0.472. The van der Waals surface area contributed by atoms with Crippen molar-refractivity contribution in [1.29, 1.82) is 0 Å². The minimum Gasteiger partial charge on any atom is -0.497 e. The predicted octanol–water partition coefficient (Wildman–Crippen LogP) is 3.46. The van der Waals surface area contributed by atoms with Crippen LogP contribution in [-0.2, 0) is 15.8 Å². The number of hydrogen-bond donors (Lipinski definition) is 0. The van der Waals surface area contributed by atoms with Crippen molar-refractivity contribution in [3.05, 3.63) is 48.5 Å². The van der Waals surface area contributed by atoms with Crippen LogP contribution in [0.5, 0.6) is 5.75 Å². The summed E-state index contributed by atoms with van der Waals surface area (Å²) in [5.41, 5.74) is 0.804. The standard InChI is InChI=1S/C19H22N4O4S2/c1-4-23(5-2)29(24,25)16-10-11-18(20-12-16)28-13-17-21-22-19(27-17)14-6-8-15(26-3)9-7-14/h6-12H,4-5,13H2,1-3H3. The average Bonchev–Trinajstić information content (AvgIpc) is 3.22. The number of hydrogen-bond acceptors (Lipinski definition) is 8. The molecule has 154 valence electrons. The zero-order valence-electron chi connectivity index (χ0n) is 16.4. The Morgan fingerprint density at radius 2 is 1.79 bits per heavy atom. The van der Waals surface area contributed by atoms with Crippen LogP contribution in [0.25, 0.3) is 11.5 Å². The van der Waals surface area contributed by atoms with Gasteiger partial charge >= 0.3 is 0 Å². The lowest BCUT2D eigenvalue weighted by molar-refractivity contribution is 0.415. The molecule has 0 radical (unpaired) electrons. The summed E-state index contributed by atoms with van der Waals surface area (Å²) >= 11 is 1.39. The summed E-state index contributed by atoms with van der Waals surface area (Å²) in [6.45, 7) is 4.46. The molecular weight excluding hydrogens is 412 g/mol. The van der Waals surface area contributed by atoms with E-state index in [1.54, 1.807) is 19.2 Å². The number of aromatic nitrogens is 3. The van der Waals surface area contributed by atoms with E-state index in [9.17, 15) is 8.42 Å². The molecule has 3 rings (SSSR count). The summed E-state index contributed by atoms with van der Waals surface area (Å²) in [5, 5.41) is 8.79. The van der Waals surface area contributed by atoms with Gasteiger partial charge in [0.25, 0.3) is 0 Å². The number of methoxy groups -OCH3 is 1. The predicted molar refractivity (Wildman–Crippen MR) is 110 cm³/mol. The third kappa shape index (κ3) is 4.95. The lowest BCUT2D eigenvalue weighted by Crippen LogP contribution is -2.30. The Hall–Kier alpha value is -2.43. The molecule has 0 unspecified atom stereocenters. The maximum Gasteiger partial charge on any atom is 0.247 e. The smallest absolute Gasteiger partial charge is 0.247 e. The Labute approximate surface area is 174 Å². The monoisotopic (exact) mass is 434 g/mol. The summed E-state index contributed by atoms with van der Waals surface area (Å²) < 4.78 is 37.2. The van der Waals surface area contributed by atoms with E-state index in [-0.39, 0.29) is 4.90 Å². The van der Waals surface area contributed by atoms with Crippen LogP contribution in [0.3, 0.4) is 0 Å². The molecule has 2 aromatic heterocycles. The first kappa shape index (κ1) is 21.3. The molecule has 0 fully saturated rings. The van der Waals surface area contributed by atoms with Crippen LogP contribution in [0.15, 0.2) is 56.9 Å². The van der Waals surface area contributed by atoms with Gasteiger partial charge in [0, 0.05) is 24.8 Å². The van der Waals surface area contributed by atoms with Crippen LogP contribution in [-0.4, -0.2) is 48.1 Å². The molecule has 29 heavy (non-hydrogen) atoms. The maximum atomic E-state index is 12.5. The Bertz CT molecular complexity index is 1030. The molecule has 0 saturated carbocycles. The normalized spacial score (nSPS) is 11.7. The van der Waals surface area contributed by atoms with Crippen molar-refractivity contribution >= 4 is 21.8 Å². The van der Waals surface area contributed by atoms with Crippen molar-refractivity contribution in [1.82, 2.24) is 19.5 Å². The van der Waals surface area contributed by atoms with Crippen LogP contribution in [0.1, 0.15) is 19.7 Å². The molecule has 0 amide bonds. The van der Waals surface area contributed by atoms with Gasteiger partial charge in [0.15, 0.2) is 0 Å². The second-order valence-electron chi connectivity index (χ2n) is 5.94. The Morgan fingerprint density at radius 3 is 2.38 bits per heavy atom. The molecule has 10 heteroatoms. The Kier molecular flexibility index (Phi) is 6.88. The van der Waals surface area contributed by atoms with Crippen molar-refractivity contribution in [3.8, 4) is 17.2 Å². The Morgan fingerprint density at radius 1 is 1.07 bits per heavy atom. The van der Waals surface area contributed by atoms with Gasteiger partial charge in [0.1, 0.15) is 10.6 Å². The van der Waals surface area contributed by atoms with E-state index in [0.717, 1.165) is 11.3 Å². The van der Waals surface area contributed by atoms with E-state index in [2.05, 4.69) is 15.2 Å². The van der Waals surface area contributed by atoms with Gasteiger partial charge in [-0.05, 0) is 36.4 Å². The lowest BCUT2D eigenvalue weighted by atomic mass is 10.2. The molecule has 0 aliphatic carbocycles. The summed E-state index contributed by atoms with van der Waals surface area (Å²) in [4.78, 5) is 4.43. The number of sulfonamides is 1. The first-order valence-corrected chi connectivity index (χ1v) is 11.5. The van der Waals surface area contributed by atoms with Crippen molar-refractivity contribution in [3.63, 3.8) is 0 Å². The van der Waals surface area contributed by atoms with Crippen LogP contribution in [0, 0.1) is 0 Å². The van der Waals surface area contributed by atoms with Crippen LogP contribution in [0.4, 0.5) is 0 Å². The van der Waals surface area contributed by atoms with E-state index in [4.69, 9.17) is 9.15 Å². The van der Waals surface area contributed by atoms with E-state index in [0.29, 0.717) is 35.6 Å². The highest BCUT2D eigenvalue weighted by atomic mass is 32.2. The van der Waals surface area contributed by atoms with Gasteiger partial charge in [-0.3, -0.25) is 0 Å². The van der Waals surface area contributed by atoms with Gasteiger partial charge in [-0.2, -0.15) is 4.31 Å². The van der Waals surface area contributed by atoms with Crippen molar-refractivity contribution in [2.75, 3.05) is 20.2 Å². The molecule has 0 aliphatic heterocycles. The van der Waals surface area contributed by atoms with Gasteiger partial charge in [-0.15, -0.1) is 10.2 Å². The molecular formula is C19H22N4O4S2. The lowest BCUT2D eigenvalue weighted by Gasteiger charge is -2.18. The number of thioether (sulfide) groups is 1. The molecule has 0 atom stereocenters. The summed E-state index contributed by atoms with van der Waals surface area (Å²) in [5.74, 6) is 2.07. The largest absolute Gasteiger partial charge is 0.497 e. The van der Waals surface area contributed by atoms with Crippen molar-refractivity contribution in [2.45, 2.75) is 29.5 Å². The van der Waals surface area contributed by atoms with Gasteiger partial charge in [-0.25, -0.2) is 13.4 Å². The zero-order chi connectivity index (χ0) is 20.9. The second-order valence-corrected chi connectivity index (χ2v) is 8.87. The molecule has 1 aromatic carbocycles. The third-order valence-corrected chi connectivity index (χ3v) is 7.16. The van der Waals surface area contributed by atoms with E-state index >= 15 is 0 Å². The van der Waals surface area contributed by atoms with E-state index in [1.165, 1.54) is 22.3 Å². The average molecular weight is 435 g/mol. The highest BCUT2D eigenvalue weighted by Crippen LogP contribution is 2.25. The van der Waals surface area contributed by atoms with Gasteiger partial charge < -0.3 is 9.15 Å². The first-order chi connectivity index (χ1) is 14.0. The van der Waals surface area contributed by atoms with Crippen molar-refractivity contribution < 1.29 is 17.6 Å². The van der Waals surface area contributed by atoms with Crippen molar-refractivity contribution in [2.24, 2.45) is 0 Å². The fourth-order valence-corrected chi connectivity index (χ4v) is 4.70. The number of rotatable bonds is 9. The number of nitrogens with zero attached hydrogens (tertiary/aromatic N) is 4. The minimum absolute atomic E-state index is 0.185. The zero-order valence-corrected chi connectivity index (χ0v) is 18.0. The summed E-state index contributed by atoms with van der Waals surface area (Å²) in [7, 11) is -1.90. The van der Waals surface area contributed by atoms with Gasteiger partial charge in [0.2, 0.25) is 21.8 Å². The van der Waals surface area contributed by atoms with E-state index < -0.39 is 10.0 Å². The maximum absolute atomic E-state index is 12.5. The Balaban J connectivity index is 1.64. The van der Waals surface area contributed by atoms with Gasteiger partial charge in [0.05, 0.1) is 17.9 Å². The minimum atomic E-state index is -3.51. The molecule has 8 nitrogen and oxygen atoms in total. The summed E-state index contributed by atoms with van der Waals surface area (Å²) in [6, 6.07) is 10.6. The number of pyridine rings is 1. The van der Waals surface area contributed by atoms with Crippen LogP contribution in [0.2, 0.25) is 0 Å². The first-order valence-electron chi connectivity index (χ1n) is 9.03.